The fraction of sp³-hybridized carbons (Fsp3) is 0.154. The largest absolute Gasteiger partial charge is 0.350 e. The van der Waals surface area contributed by atoms with Gasteiger partial charge < -0.3 is 5.32 Å². The summed E-state index contributed by atoms with van der Waals surface area (Å²) in [6, 6.07) is 21.8. The van der Waals surface area contributed by atoms with Gasteiger partial charge in [-0.05, 0) is 40.8 Å². The third-order valence-corrected chi connectivity index (χ3v) is 5.05. The second-order valence-corrected chi connectivity index (χ2v) is 7.74. The van der Waals surface area contributed by atoms with Gasteiger partial charge in [-0.3, -0.25) is 9.78 Å². The Morgan fingerprint density at radius 2 is 1.81 bits per heavy atom. The van der Waals surface area contributed by atoms with Gasteiger partial charge in [0.05, 0.1) is 0 Å². The second kappa shape index (κ2) is 9.83. The summed E-state index contributed by atoms with van der Waals surface area (Å²) in [5.41, 5.74) is 4.07. The number of anilines is 1. The molecule has 2 aromatic carbocycles. The third-order valence-electron chi connectivity index (χ3n) is 5.05. The fourth-order valence-corrected chi connectivity index (χ4v) is 3.20. The van der Waals surface area contributed by atoms with Crippen LogP contribution >= 0.6 is 0 Å². The molecule has 32 heavy (non-hydrogen) atoms. The summed E-state index contributed by atoms with van der Waals surface area (Å²) in [7, 11) is 0. The maximum atomic E-state index is 12.9. The first-order chi connectivity index (χ1) is 15.6. The molecule has 0 saturated carbocycles. The number of pyridine rings is 1. The molecule has 0 aliphatic heterocycles. The fourth-order valence-electron chi connectivity index (χ4n) is 3.20. The molecule has 2 heterocycles. The van der Waals surface area contributed by atoms with E-state index in [1.807, 2.05) is 42.5 Å². The number of nitrogens with one attached hydrogen (secondary N) is 1. The predicted molar refractivity (Wildman–Crippen MR) is 127 cm³/mol. The summed E-state index contributed by atoms with van der Waals surface area (Å²) >= 11 is 0. The summed E-state index contributed by atoms with van der Waals surface area (Å²) in [6.45, 7) is 4.87. The molecule has 160 valence electrons. The van der Waals surface area contributed by atoms with Gasteiger partial charge in [0.25, 0.3) is 5.91 Å². The Kier molecular flexibility index (Phi) is 6.51. The van der Waals surface area contributed by atoms with Crippen molar-refractivity contribution in [2.75, 3.05) is 5.32 Å². The van der Waals surface area contributed by atoms with Crippen LogP contribution in [0.3, 0.4) is 0 Å². The summed E-state index contributed by atoms with van der Waals surface area (Å²) in [6.07, 6.45) is 6.63. The van der Waals surface area contributed by atoms with Crippen molar-refractivity contribution in [3.63, 3.8) is 0 Å². The standard InChI is InChI=1S/C26H25N5O/c1-19(2)22-13-10-21(11-14-22)17-28-26-29-25(23-9-6-16-27-18-23)30-31(26)24(32)15-12-20-7-4-3-5-8-20/h3-16,18-19H,17H2,1-2H3,(H,28,29,30). The van der Waals surface area contributed by atoms with Crippen LogP contribution in [0.1, 0.15) is 41.3 Å². The van der Waals surface area contributed by atoms with Gasteiger partial charge in [0, 0.05) is 30.6 Å². The molecule has 0 amide bonds. The zero-order valence-corrected chi connectivity index (χ0v) is 18.1. The molecule has 4 rings (SSSR count). The number of carbonyl (C=O) groups excluding carboxylic acids is 1. The smallest absolute Gasteiger partial charge is 0.274 e. The maximum absolute atomic E-state index is 12.9. The molecule has 0 aliphatic carbocycles. The average Bonchev–Trinajstić information content (AvgIpc) is 3.27. The van der Waals surface area contributed by atoms with E-state index in [0.717, 1.165) is 16.7 Å². The van der Waals surface area contributed by atoms with Crippen molar-refractivity contribution in [3.05, 3.63) is 102 Å². The Hall–Kier alpha value is -4.06. The molecule has 0 bridgehead atoms. The Labute approximate surface area is 187 Å². The minimum absolute atomic E-state index is 0.283. The maximum Gasteiger partial charge on any atom is 0.274 e. The van der Waals surface area contributed by atoms with Crippen LogP contribution in [0, 0.1) is 0 Å². The minimum Gasteiger partial charge on any atom is -0.350 e. The molecule has 0 saturated heterocycles. The molecule has 0 aliphatic rings. The van der Waals surface area contributed by atoms with E-state index in [4.69, 9.17) is 0 Å². The number of nitrogens with zero attached hydrogens (tertiary/aromatic N) is 4. The lowest BCUT2D eigenvalue weighted by Gasteiger charge is -2.08. The van der Waals surface area contributed by atoms with Crippen molar-refractivity contribution in [2.24, 2.45) is 0 Å². The monoisotopic (exact) mass is 423 g/mol. The van der Waals surface area contributed by atoms with Crippen LogP contribution in [0.25, 0.3) is 17.5 Å². The summed E-state index contributed by atoms with van der Waals surface area (Å²) in [5, 5.41) is 7.71. The van der Waals surface area contributed by atoms with E-state index in [9.17, 15) is 4.79 Å². The van der Waals surface area contributed by atoms with Crippen LogP contribution < -0.4 is 5.32 Å². The molecule has 1 N–H and O–H groups in total. The Morgan fingerprint density at radius 1 is 1.03 bits per heavy atom. The average molecular weight is 424 g/mol. The van der Waals surface area contributed by atoms with E-state index >= 15 is 0 Å². The number of hydrogen-bond acceptors (Lipinski definition) is 5. The Morgan fingerprint density at radius 3 is 2.50 bits per heavy atom. The minimum atomic E-state index is -0.283. The molecule has 0 spiro atoms. The molecular formula is C26H25N5O. The number of hydrogen-bond donors (Lipinski definition) is 1. The quantitative estimate of drug-likeness (QED) is 0.401. The van der Waals surface area contributed by atoms with Gasteiger partial charge >= 0.3 is 0 Å². The van der Waals surface area contributed by atoms with Gasteiger partial charge in [-0.1, -0.05) is 68.4 Å². The van der Waals surface area contributed by atoms with Gasteiger partial charge in [0.2, 0.25) is 5.95 Å². The van der Waals surface area contributed by atoms with E-state index < -0.39 is 0 Å². The van der Waals surface area contributed by atoms with Gasteiger partial charge in [-0.2, -0.15) is 9.67 Å². The predicted octanol–water partition coefficient (Wildman–Crippen LogP) is 5.43. The summed E-state index contributed by atoms with van der Waals surface area (Å²) in [5.74, 6) is 1.03. The van der Waals surface area contributed by atoms with Crippen molar-refractivity contribution in [1.82, 2.24) is 19.7 Å². The number of carbonyl (C=O) groups is 1. The lowest BCUT2D eigenvalue weighted by atomic mass is 10.0. The molecule has 0 atom stereocenters. The van der Waals surface area contributed by atoms with Gasteiger partial charge in [0.15, 0.2) is 5.82 Å². The zero-order valence-electron chi connectivity index (χ0n) is 18.1. The van der Waals surface area contributed by atoms with Crippen LogP contribution in [0.5, 0.6) is 0 Å². The van der Waals surface area contributed by atoms with Crippen molar-refractivity contribution < 1.29 is 4.79 Å². The van der Waals surface area contributed by atoms with Crippen molar-refractivity contribution in [2.45, 2.75) is 26.3 Å². The van der Waals surface area contributed by atoms with Gasteiger partial charge in [0.1, 0.15) is 0 Å². The zero-order chi connectivity index (χ0) is 22.3. The van der Waals surface area contributed by atoms with Crippen LogP contribution in [-0.4, -0.2) is 25.7 Å². The summed E-state index contributed by atoms with van der Waals surface area (Å²) in [4.78, 5) is 21.6. The van der Waals surface area contributed by atoms with Crippen LogP contribution in [0.4, 0.5) is 5.95 Å². The van der Waals surface area contributed by atoms with Crippen LogP contribution in [0.2, 0.25) is 0 Å². The molecule has 6 heteroatoms. The van der Waals surface area contributed by atoms with Crippen LogP contribution in [-0.2, 0) is 6.54 Å². The lowest BCUT2D eigenvalue weighted by molar-refractivity contribution is 0.0957. The second-order valence-electron chi connectivity index (χ2n) is 7.74. The van der Waals surface area contributed by atoms with Crippen molar-refractivity contribution in [1.29, 1.82) is 0 Å². The molecule has 0 fully saturated rings. The van der Waals surface area contributed by atoms with E-state index in [1.165, 1.54) is 16.3 Å². The lowest BCUT2D eigenvalue weighted by Crippen LogP contribution is -2.14. The van der Waals surface area contributed by atoms with Gasteiger partial charge in [-0.15, -0.1) is 5.10 Å². The first kappa shape index (κ1) is 21.2. The highest BCUT2D eigenvalue weighted by Crippen LogP contribution is 2.19. The number of rotatable bonds is 7. The highest BCUT2D eigenvalue weighted by molar-refractivity contribution is 5.94. The number of aromatic nitrogens is 4. The normalized spacial score (nSPS) is 11.2. The topological polar surface area (TPSA) is 72.7 Å². The van der Waals surface area contributed by atoms with E-state index in [1.54, 1.807) is 18.5 Å². The molecule has 4 aromatic rings. The Bertz CT molecular complexity index is 1200. The van der Waals surface area contributed by atoms with Crippen molar-refractivity contribution >= 4 is 17.9 Å². The SMILES string of the molecule is CC(C)c1ccc(CNc2nc(-c3cccnc3)nn2C(=O)C=Cc2ccccc2)cc1. The van der Waals surface area contributed by atoms with E-state index in [0.29, 0.717) is 24.2 Å². The first-order valence-electron chi connectivity index (χ1n) is 10.6. The van der Waals surface area contributed by atoms with Gasteiger partial charge in [-0.25, -0.2) is 0 Å². The molecule has 0 radical (unpaired) electrons. The highest BCUT2D eigenvalue weighted by atomic mass is 16.2. The first-order valence-corrected chi connectivity index (χ1v) is 10.6. The van der Waals surface area contributed by atoms with Crippen molar-refractivity contribution in [3.8, 4) is 11.4 Å². The van der Waals surface area contributed by atoms with E-state index in [-0.39, 0.29) is 5.91 Å². The molecular weight excluding hydrogens is 398 g/mol. The third kappa shape index (κ3) is 5.16. The number of benzene rings is 2. The molecule has 0 unspecified atom stereocenters. The molecule has 2 aromatic heterocycles. The van der Waals surface area contributed by atoms with Crippen LogP contribution in [0.15, 0.2) is 85.2 Å². The highest BCUT2D eigenvalue weighted by Gasteiger charge is 2.16. The summed E-state index contributed by atoms with van der Waals surface area (Å²) < 4.78 is 1.30. The molecule has 6 nitrogen and oxygen atoms in total. The Balaban J connectivity index is 1.58. The van der Waals surface area contributed by atoms with E-state index in [2.05, 4.69) is 58.5 Å². The number of allylic oxidation sites excluding steroid dienone is 1.